The van der Waals surface area contributed by atoms with Crippen molar-refractivity contribution >= 4 is 28.9 Å². The average Bonchev–Trinajstić information content (AvgIpc) is 3.50. The highest BCUT2D eigenvalue weighted by Gasteiger charge is 2.22. The van der Waals surface area contributed by atoms with Gasteiger partial charge in [0.05, 0.1) is 6.20 Å². The second-order valence-corrected chi connectivity index (χ2v) is 8.99. The van der Waals surface area contributed by atoms with Crippen LogP contribution in [0.15, 0.2) is 36.5 Å². The molecule has 4 N–H and O–H groups in total. The minimum absolute atomic E-state index is 0.113. The van der Waals surface area contributed by atoms with E-state index in [0.717, 1.165) is 85.7 Å². The van der Waals surface area contributed by atoms with Crippen molar-refractivity contribution in [1.82, 2.24) is 19.5 Å². The lowest BCUT2D eigenvalue weighted by Gasteiger charge is -2.28. The van der Waals surface area contributed by atoms with Crippen LogP contribution in [0.25, 0.3) is 5.65 Å². The fourth-order valence-electron chi connectivity index (χ4n) is 4.70. The first kappa shape index (κ1) is 20.8. The van der Waals surface area contributed by atoms with Gasteiger partial charge in [0.2, 0.25) is 0 Å². The van der Waals surface area contributed by atoms with Gasteiger partial charge in [-0.3, -0.25) is 4.79 Å². The molecule has 1 saturated heterocycles. The fourth-order valence-corrected chi connectivity index (χ4v) is 4.70. The number of carbonyl (C=O) groups excluding carboxylic acids is 1. The number of amides is 1. The number of nitrogens with zero attached hydrogens (tertiary/aromatic N) is 4. The molecule has 0 spiro atoms. The van der Waals surface area contributed by atoms with Crippen molar-refractivity contribution in [2.45, 2.75) is 57.5 Å². The number of nitrogens with two attached hydrogens (primary N) is 1. The largest absolute Gasteiger partial charge is 0.367 e. The normalized spacial score (nSPS) is 21.1. The van der Waals surface area contributed by atoms with Gasteiger partial charge in [-0.25, -0.2) is 4.98 Å². The summed E-state index contributed by atoms with van der Waals surface area (Å²) in [5, 5.41) is 11.6. The molecule has 2 aliphatic rings. The van der Waals surface area contributed by atoms with Crippen molar-refractivity contribution in [1.29, 1.82) is 0 Å². The Bertz CT molecular complexity index is 1090. The summed E-state index contributed by atoms with van der Waals surface area (Å²) < 4.78 is 1.82. The van der Waals surface area contributed by atoms with Crippen molar-refractivity contribution in [3.05, 3.63) is 47.7 Å². The van der Waals surface area contributed by atoms with Gasteiger partial charge in [-0.1, -0.05) is 0 Å². The van der Waals surface area contributed by atoms with E-state index >= 15 is 0 Å². The SMILES string of the molecule is Cc1c(N[C@H]2CC[C@H](N)CC2)nc2ccnn2c1Nc1ccc(C(=O)N2CCCC2)cc1. The van der Waals surface area contributed by atoms with Crippen molar-refractivity contribution in [2.75, 3.05) is 23.7 Å². The minimum atomic E-state index is 0.113. The lowest BCUT2D eigenvalue weighted by Crippen LogP contribution is -2.33. The van der Waals surface area contributed by atoms with Gasteiger partial charge in [0, 0.05) is 48.1 Å². The standard InChI is InChI=1S/C24H31N7O/c1-16-22(27-19-10-6-18(25)7-11-19)29-21-12-13-26-31(21)23(16)28-20-8-4-17(5-9-20)24(32)30-14-2-3-15-30/h4-5,8-9,12-13,18-19,28H,2-3,6-7,10-11,14-15,25H2,1H3,(H,27,29)/t18-,19-. The maximum Gasteiger partial charge on any atom is 0.253 e. The summed E-state index contributed by atoms with van der Waals surface area (Å²) in [5.74, 6) is 1.86. The van der Waals surface area contributed by atoms with Crippen LogP contribution in [0.1, 0.15) is 54.4 Å². The van der Waals surface area contributed by atoms with E-state index in [1.807, 2.05) is 39.7 Å². The van der Waals surface area contributed by atoms with Crippen LogP contribution in [0.3, 0.4) is 0 Å². The average molecular weight is 434 g/mol. The summed E-state index contributed by atoms with van der Waals surface area (Å²) >= 11 is 0. The molecular weight excluding hydrogens is 402 g/mol. The lowest BCUT2D eigenvalue weighted by atomic mass is 9.92. The lowest BCUT2D eigenvalue weighted by molar-refractivity contribution is 0.0793. The second kappa shape index (κ2) is 8.78. The van der Waals surface area contributed by atoms with Crippen molar-refractivity contribution in [3.63, 3.8) is 0 Å². The third-order valence-corrected chi connectivity index (χ3v) is 6.67. The van der Waals surface area contributed by atoms with Gasteiger partial charge in [0.15, 0.2) is 5.65 Å². The monoisotopic (exact) mass is 433 g/mol. The molecule has 1 aliphatic carbocycles. The number of hydrogen-bond donors (Lipinski definition) is 3. The van der Waals surface area contributed by atoms with E-state index in [2.05, 4.69) is 22.7 Å². The van der Waals surface area contributed by atoms with E-state index in [4.69, 9.17) is 10.7 Å². The number of likely N-dealkylation sites (tertiary alicyclic amines) is 1. The van der Waals surface area contributed by atoms with Crippen molar-refractivity contribution in [2.24, 2.45) is 5.73 Å². The first-order valence-electron chi connectivity index (χ1n) is 11.6. The molecule has 1 saturated carbocycles. The van der Waals surface area contributed by atoms with Gasteiger partial charge in [0.25, 0.3) is 5.91 Å². The van der Waals surface area contributed by atoms with Crippen LogP contribution in [0.2, 0.25) is 0 Å². The van der Waals surface area contributed by atoms with Gasteiger partial charge in [-0.05, 0) is 69.7 Å². The van der Waals surface area contributed by atoms with Gasteiger partial charge >= 0.3 is 0 Å². The zero-order chi connectivity index (χ0) is 22.1. The molecule has 0 bridgehead atoms. The maximum absolute atomic E-state index is 12.6. The topological polar surface area (TPSA) is 101 Å². The van der Waals surface area contributed by atoms with Crippen LogP contribution in [-0.4, -0.2) is 50.6 Å². The molecule has 0 atom stereocenters. The highest BCUT2D eigenvalue weighted by molar-refractivity contribution is 5.94. The molecular formula is C24H31N7O. The minimum Gasteiger partial charge on any atom is -0.367 e. The predicted octanol–water partition coefficient (Wildman–Crippen LogP) is 3.70. The van der Waals surface area contributed by atoms with E-state index in [9.17, 15) is 4.79 Å². The third kappa shape index (κ3) is 4.14. The molecule has 2 aromatic heterocycles. The molecule has 8 heteroatoms. The van der Waals surface area contributed by atoms with E-state index in [-0.39, 0.29) is 5.91 Å². The molecule has 168 valence electrons. The molecule has 1 aromatic carbocycles. The molecule has 5 rings (SSSR count). The Balaban J connectivity index is 1.38. The summed E-state index contributed by atoms with van der Waals surface area (Å²) in [6, 6.07) is 10.3. The smallest absolute Gasteiger partial charge is 0.253 e. The summed E-state index contributed by atoms with van der Waals surface area (Å²) in [4.78, 5) is 19.4. The number of aromatic nitrogens is 3. The van der Waals surface area contributed by atoms with Crippen molar-refractivity contribution in [3.8, 4) is 0 Å². The Kier molecular flexibility index (Phi) is 5.70. The fraction of sp³-hybridized carbons (Fsp3) is 0.458. The van der Waals surface area contributed by atoms with Crippen LogP contribution in [0.5, 0.6) is 0 Å². The van der Waals surface area contributed by atoms with Crippen LogP contribution in [0.4, 0.5) is 17.3 Å². The highest BCUT2D eigenvalue weighted by atomic mass is 16.2. The van der Waals surface area contributed by atoms with E-state index in [0.29, 0.717) is 12.1 Å². The molecule has 0 unspecified atom stereocenters. The van der Waals surface area contributed by atoms with Gasteiger partial charge in [-0.15, -0.1) is 0 Å². The quantitative estimate of drug-likeness (QED) is 0.567. The van der Waals surface area contributed by atoms with E-state index < -0.39 is 0 Å². The first-order chi connectivity index (χ1) is 15.6. The highest BCUT2D eigenvalue weighted by Crippen LogP contribution is 2.29. The Morgan fingerprint density at radius 2 is 1.78 bits per heavy atom. The Hall–Kier alpha value is -3.13. The van der Waals surface area contributed by atoms with Crippen LogP contribution < -0.4 is 16.4 Å². The molecule has 3 aromatic rings. The number of carbonyl (C=O) groups is 1. The molecule has 3 heterocycles. The summed E-state index contributed by atoms with van der Waals surface area (Å²) in [7, 11) is 0. The number of rotatable bonds is 5. The maximum atomic E-state index is 12.6. The Labute approximate surface area is 188 Å². The molecule has 0 radical (unpaired) electrons. The van der Waals surface area contributed by atoms with E-state index in [1.54, 1.807) is 6.20 Å². The Morgan fingerprint density at radius 3 is 2.50 bits per heavy atom. The zero-order valence-corrected chi connectivity index (χ0v) is 18.6. The summed E-state index contributed by atoms with van der Waals surface area (Å²) in [5.41, 5.74) is 9.49. The van der Waals surface area contributed by atoms with Crippen molar-refractivity contribution < 1.29 is 4.79 Å². The molecule has 1 amide bonds. The van der Waals surface area contributed by atoms with Gasteiger partial charge in [0.1, 0.15) is 11.6 Å². The van der Waals surface area contributed by atoms with E-state index in [1.165, 1.54) is 0 Å². The predicted molar refractivity (Wildman–Crippen MR) is 126 cm³/mol. The van der Waals surface area contributed by atoms with Gasteiger partial charge < -0.3 is 21.3 Å². The number of anilines is 3. The van der Waals surface area contributed by atoms with Crippen LogP contribution >= 0.6 is 0 Å². The molecule has 8 nitrogen and oxygen atoms in total. The Morgan fingerprint density at radius 1 is 1.06 bits per heavy atom. The number of benzene rings is 1. The van der Waals surface area contributed by atoms with Crippen LogP contribution in [-0.2, 0) is 0 Å². The third-order valence-electron chi connectivity index (χ3n) is 6.67. The zero-order valence-electron chi connectivity index (χ0n) is 18.6. The number of fused-ring (bicyclic) bond motifs is 1. The van der Waals surface area contributed by atoms with Crippen LogP contribution in [0, 0.1) is 6.92 Å². The summed E-state index contributed by atoms with van der Waals surface area (Å²) in [6.07, 6.45) is 8.14. The molecule has 2 fully saturated rings. The molecule has 32 heavy (non-hydrogen) atoms. The second-order valence-electron chi connectivity index (χ2n) is 8.99. The van der Waals surface area contributed by atoms with Gasteiger partial charge in [-0.2, -0.15) is 9.61 Å². The number of nitrogens with one attached hydrogen (secondary N) is 2. The summed E-state index contributed by atoms with van der Waals surface area (Å²) in [6.45, 7) is 3.77. The number of hydrogen-bond acceptors (Lipinski definition) is 6. The first-order valence-corrected chi connectivity index (χ1v) is 11.6. The molecule has 1 aliphatic heterocycles.